The van der Waals surface area contributed by atoms with E-state index in [4.69, 9.17) is 0 Å². The molecule has 2 aliphatic heterocycles. The van der Waals surface area contributed by atoms with Crippen LogP contribution in [0, 0.1) is 17.8 Å². The Morgan fingerprint density at radius 1 is 1.32 bits per heavy atom. The van der Waals surface area contributed by atoms with Crippen LogP contribution in [0.25, 0.3) is 0 Å². The molecule has 3 fully saturated rings. The topological polar surface area (TPSA) is 52.6 Å². The Kier molecular flexibility index (Phi) is 3.81. The molecule has 4 heteroatoms. The van der Waals surface area contributed by atoms with E-state index in [1.807, 2.05) is 4.90 Å². The maximum Gasteiger partial charge on any atom is 0.239 e. The Balaban J connectivity index is 1.59. The molecule has 0 radical (unpaired) electrons. The second kappa shape index (κ2) is 5.41. The predicted octanol–water partition coefficient (Wildman–Crippen LogP) is 0.994. The highest BCUT2D eigenvalue weighted by Crippen LogP contribution is 2.38. The number of carbonyl (C=O) groups excluding carboxylic acids is 1. The SMILES string of the molecule is CCC1CCNC(C(=O)N2CC3CCC(O)C3C2)C1. The molecule has 1 aliphatic carbocycles. The minimum atomic E-state index is -0.175. The molecule has 3 aliphatic rings. The van der Waals surface area contributed by atoms with Gasteiger partial charge < -0.3 is 15.3 Å². The zero-order valence-corrected chi connectivity index (χ0v) is 11.8. The highest BCUT2D eigenvalue weighted by atomic mass is 16.3. The van der Waals surface area contributed by atoms with Crippen LogP contribution in [0.15, 0.2) is 0 Å². The number of aliphatic hydroxyl groups excluding tert-OH is 1. The number of nitrogens with zero attached hydrogens (tertiary/aromatic N) is 1. The van der Waals surface area contributed by atoms with Gasteiger partial charge in [-0.2, -0.15) is 0 Å². The van der Waals surface area contributed by atoms with Crippen LogP contribution in [0.1, 0.15) is 39.0 Å². The molecule has 4 nitrogen and oxygen atoms in total. The van der Waals surface area contributed by atoms with Crippen LogP contribution in [0.3, 0.4) is 0 Å². The van der Waals surface area contributed by atoms with E-state index in [1.54, 1.807) is 0 Å². The van der Waals surface area contributed by atoms with Gasteiger partial charge in [0.05, 0.1) is 12.1 Å². The summed E-state index contributed by atoms with van der Waals surface area (Å²) in [6.07, 6.45) is 5.21. The van der Waals surface area contributed by atoms with Gasteiger partial charge in [-0.1, -0.05) is 13.3 Å². The van der Waals surface area contributed by atoms with Gasteiger partial charge in [0.2, 0.25) is 5.91 Å². The van der Waals surface area contributed by atoms with Crippen LogP contribution in [0.2, 0.25) is 0 Å². The van der Waals surface area contributed by atoms with Crippen LogP contribution >= 0.6 is 0 Å². The number of amides is 1. The molecule has 19 heavy (non-hydrogen) atoms. The fourth-order valence-electron chi connectivity index (χ4n) is 4.19. The molecule has 2 heterocycles. The summed E-state index contributed by atoms with van der Waals surface area (Å²) < 4.78 is 0. The van der Waals surface area contributed by atoms with E-state index in [2.05, 4.69) is 12.2 Å². The predicted molar refractivity (Wildman–Crippen MR) is 73.6 cm³/mol. The minimum Gasteiger partial charge on any atom is -0.393 e. The average molecular weight is 266 g/mol. The number of carbonyl (C=O) groups is 1. The summed E-state index contributed by atoms with van der Waals surface area (Å²) in [6.45, 7) is 4.83. The average Bonchev–Trinajstić information content (AvgIpc) is 3.01. The molecule has 1 saturated carbocycles. The molecule has 0 aromatic heterocycles. The van der Waals surface area contributed by atoms with E-state index in [9.17, 15) is 9.90 Å². The van der Waals surface area contributed by atoms with Crippen molar-refractivity contribution in [3.63, 3.8) is 0 Å². The number of rotatable bonds is 2. The Morgan fingerprint density at radius 3 is 2.89 bits per heavy atom. The number of aliphatic hydroxyl groups is 1. The van der Waals surface area contributed by atoms with Crippen LogP contribution in [0.5, 0.6) is 0 Å². The lowest BCUT2D eigenvalue weighted by Gasteiger charge is -2.32. The maximum atomic E-state index is 12.6. The number of nitrogens with one attached hydrogen (secondary N) is 1. The summed E-state index contributed by atoms with van der Waals surface area (Å²) in [5, 5.41) is 13.3. The zero-order chi connectivity index (χ0) is 13.4. The van der Waals surface area contributed by atoms with Crippen LogP contribution < -0.4 is 5.32 Å². The van der Waals surface area contributed by atoms with E-state index in [0.29, 0.717) is 17.8 Å². The second-order valence-electron chi connectivity index (χ2n) is 6.62. The van der Waals surface area contributed by atoms with E-state index < -0.39 is 0 Å². The molecule has 108 valence electrons. The van der Waals surface area contributed by atoms with Crippen molar-refractivity contribution in [1.29, 1.82) is 0 Å². The van der Waals surface area contributed by atoms with Crippen molar-refractivity contribution in [2.45, 2.75) is 51.2 Å². The molecule has 3 rings (SSSR count). The number of hydrogen-bond acceptors (Lipinski definition) is 3. The monoisotopic (exact) mass is 266 g/mol. The Hall–Kier alpha value is -0.610. The highest BCUT2D eigenvalue weighted by Gasteiger charge is 2.44. The summed E-state index contributed by atoms with van der Waals surface area (Å²) >= 11 is 0. The second-order valence-corrected chi connectivity index (χ2v) is 6.62. The van der Waals surface area contributed by atoms with Crippen molar-refractivity contribution >= 4 is 5.91 Å². The van der Waals surface area contributed by atoms with Gasteiger partial charge >= 0.3 is 0 Å². The van der Waals surface area contributed by atoms with E-state index in [-0.39, 0.29) is 18.1 Å². The van der Waals surface area contributed by atoms with Crippen molar-refractivity contribution in [3.05, 3.63) is 0 Å². The van der Waals surface area contributed by atoms with Gasteiger partial charge in [0.1, 0.15) is 0 Å². The maximum absolute atomic E-state index is 12.6. The smallest absolute Gasteiger partial charge is 0.239 e. The summed E-state index contributed by atoms with van der Waals surface area (Å²) in [6, 6.07) is 0.0228. The van der Waals surface area contributed by atoms with Crippen molar-refractivity contribution < 1.29 is 9.90 Å². The third-order valence-corrected chi connectivity index (χ3v) is 5.52. The Morgan fingerprint density at radius 2 is 2.16 bits per heavy atom. The Labute approximate surface area is 115 Å². The molecule has 2 saturated heterocycles. The molecule has 0 aromatic carbocycles. The van der Waals surface area contributed by atoms with Gasteiger partial charge in [-0.3, -0.25) is 4.79 Å². The first-order valence-electron chi connectivity index (χ1n) is 7.89. The van der Waals surface area contributed by atoms with Crippen molar-refractivity contribution in [3.8, 4) is 0 Å². The Bertz CT molecular complexity index is 347. The number of piperidine rings is 1. The standard InChI is InChI=1S/C15H26N2O2/c1-2-10-5-6-16-13(7-10)15(19)17-8-11-3-4-14(18)12(11)9-17/h10-14,16,18H,2-9H2,1H3. The number of likely N-dealkylation sites (tertiary alicyclic amines) is 1. The summed E-state index contributed by atoms with van der Waals surface area (Å²) in [5.74, 6) is 1.86. The van der Waals surface area contributed by atoms with Crippen LogP contribution in [-0.4, -0.2) is 47.7 Å². The molecule has 5 atom stereocenters. The molecule has 0 bridgehead atoms. The molecule has 0 spiro atoms. The van der Waals surface area contributed by atoms with Crippen LogP contribution in [0.4, 0.5) is 0 Å². The molecule has 0 aromatic rings. The fourth-order valence-corrected chi connectivity index (χ4v) is 4.19. The van der Waals surface area contributed by atoms with Crippen molar-refractivity contribution in [1.82, 2.24) is 10.2 Å². The first-order valence-corrected chi connectivity index (χ1v) is 7.89. The van der Waals surface area contributed by atoms with Gasteiger partial charge in [0, 0.05) is 19.0 Å². The first-order chi connectivity index (χ1) is 9.19. The van der Waals surface area contributed by atoms with Crippen molar-refractivity contribution in [2.75, 3.05) is 19.6 Å². The third kappa shape index (κ3) is 2.52. The lowest BCUT2D eigenvalue weighted by Crippen LogP contribution is -2.50. The summed E-state index contributed by atoms with van der Waals surface area (Å²) in [4.78, 5) is 14.6. The first kappa shape index (κ1) is 13.4. The number of fused-ring (bicyclic) bond motifs is 1. The van der Waals surface area contributed by atoms with Gasteiger partial charge in [0.25, 0.3) is 0 Å². The number of hydrogen-bond donors (Lipinski definition) is 2. The summed E-state index contributed by atoms with van der Waals surface area (Å²) in [5.41, 5.74) is 0. The van der Waals surface area contributed by atoms with Gasteiger partial charge in [-0.25, -0.2) is 0 Å². The molecule has 5 unspecified atom stereocenters. The van der Waals surface area contributed by atoms with E-state index >= 15 is 0 Å². The quantitative estimate of drug-likeness (QED) is 0.784. The summed E-state index contributed by atoms with van der Waals surface area (Å²) in [7, 11) is 0. The van der Waals surface area contributed by atoms with Crippen LogP contribution in [-0.2, 0) is 4.79 Å². The fraction of sp³-hybridized carbons (Fsp3) is 0.933. The molecular formula is C15H26N2O2. The highest BCUT2D eigenvalue weighted by molar-refractivity contribution is 5.82. The zero-order valence-electron chi connectivity index (χ0n) is 11.8. The molecule has 2 N–H and O–H groups in total. The molecular weight excluding hydrogens is 240 g/mol. The lowest BCUT2D eigenvalue weighted by atomic mass is 9.90. The normalized spacial score (nSPS) is 42.4. The van der Waals surface area contributed by atoms with Gasteiger partial charge in [-0.15, -0.1) is 0 Å². The minimum absolute atomic E-state index is 0.0228. The molecule has 1 amide bonds. The van der Waals surface area contributed by atoms with Crippen molar-refractivity contribution in [2.24, 2.45) is 17.8 Å². The third-order valence-electron chi connectivity index (χ3n) is 5.52. The van der Waals surface area contributed by atoms with E-state index in [0.717, 1.165) is 38.9 Å². The largest absolute Gasteiger partial charge is 0.393 e. The lowest BCUT2D eigenvalue weighted by molar-refractivity contribution is -0.133. The van der Waals surface area contributed by atoms with Gasteiger partial charge in [-0.05, 0) is 44.1 Å². The van der Waals surface area contributed by atoms with Gasteiger partial charge in [0.15, 0.2) is 0 Å². The van der Waals surface area contributed by atoms with E-state index in [1.165, 1.54) is 12.8 Å².